The number of hydrogen-bond acceptors (Lipinski definition) is 5. The fourth-order valence-corrected chi connectivity index (χ4v) is 2.72. The maximum atomic E-state index is 11.7. The molecule has 1 aliphatic rings. The molecule has 0 aromatic heterocycles. The van der Waals surface area contributed by atoms with E-state index in [0.717, 1.165) is 32.7 Å². The van der Waals surface area contributed by atoms with Gasteiger partial charge in [-0.15, -0.1) is 37.2 Å². The number of hydrogen-bond donors (Lipinski definition) is 1. The van der Waals surface area contributed by atoms with E-state index < -0.39 is 0 Å². The van der Waals surface area contributed by atoms with Gasteiger partial charge < -0.3 is 10.5 Å². The van der Waals surface area contributed by atoms with Gasteiger partial charge in [0.2, 0.25) is 0 Å². The van der Waals surface area contributed by atoms with E-state index in [1.54, 1.807) is 0 Å². The molecule has 1 aromatic carbocycles. The highest BCUT2D eigenvalue weighted by Gasteiger charge is 2.28. The maximum absolute atomic E-state index is 11.7. The number of carbonyl (C=O) groups excluding carboxylic acids is 1. The van der Waals surface area contributed by atoms with E-state index in [0.29, 0.717) is 6.54 Å². The third-order valence-corrected chi connectivity index (χ3v) is 4.07. The van der Waals surface area contributed by atoms with E-state index in [1.165, 1.54) is 18.2 Å². The number of methoxy groups -OCH3 is 1. The topological polar surface area (TPSA) is 58.8 Å². The van der Waals surface area contributed by atoms with Crippen LogP contribution in [0.1, 0.15) is 11.1 Å². The Morgan fingerprint density at radius 2 is 1.67 bits per heavy atom. The van der Waals surface area contributed by atoms with Crippen molar-refractivity contribution < 1.29 is 9.53 Å². The van der Waals surface area contributed by atoms with Crippen LogP contribution in [0, 0.1) is 6.92 Å². The second-order valence-corrected chi connectivity index (χ2v) is 5.57. The first kappa shape index (κ1) is 25.7. The number of halogens is 3. The van der Waals surface area contributed by atoms with Gasteiger partial charge >= 0.3 is 5.97 Å². The molecule has 0 saturated carbocycles. The van der Waals surface area contributed by atoms with Crippen molar-refractivity contribution in [1.29, 1.82) is 0 Å². The van der Waals surface area contributed by atoms with E-state index in [1.807, 2.05) is 0 Å². The molecule has 1 aromatic rings. The predicted molar refractivity (Wildman–Crippen MR) is 105 cm³/mol. The van der Waals surface area contributed by atoms with Gasteiger partial charge in [0.15, 0.2) is 0 Å². The van der Waals surface area contributed by atoms with Gasteiger partial charge in [-0.3, -0.25) is 14.6 Å². The van der Waals surface area contributed by atoms with Gasteiger partial charge in [0.1, 0.15) is 6.04 Å². The second kappa shape index (κ2) is 12.8. The Morgan fingerprint density at radius 3 is 2.12 bits per heavy atom. The third kappa shape index (κ3) is 7.13. The molecule has 1 saturated heterocycles. The van der Waals surface area contributed by atoms with Gasteiger partial charge in [0.25, 0.3) is 0 Å². The van der Waals surface area contributed by atoms with Crippen molar-refractivity contribution in [3.63, 3.8) is 0 Å². The predicted octanol–water partition coefficient (Wildman–Crippen LogP) is 1.88. The number of esters is 1. The number of carbonyl (C=O) groups is 1. The normalized spacial score (nSPS) is 16.1. The van der Waals surface area contributed by atoms with Crippen molar-refractivity contribution in [3.05, 3.63) is 35.4 Å². The van der Waals surface area contributed by atoms with E-state index >= 15 is 0 Å². The molecule has 2 rings (SSSR count). The summed E-state index contributed by atoms with van der Waals surface area (Å²) in [6, 6.07) is 8.34. The summed E-state index contributed by atoms with van der Waals surface area (Å²) in [5, 5.41) is 0. The number of aryl methyl sites for hydroxylation is 1. The van der Waals surface area contributed by atoms with Gasteiger partial charge in [-0.2, -0.15) is 0 Å². The number of rotatable bonds is 5. The molecule has 2 N–H and O–H groups in total. The molecule has 5 nitrogen and oxygen atoms in total. The molecule has 1 heterocycles. The molecule has 0 bridgehead atoms. The average molecular weight is 401 g/mol. The van der Waals surface area contributed by atoms with Gasteiger partial charge in [0.05, 0.1) is 7.11 Å². The van der Waals surface area contributed by atoms with Crippen LogP contribution in [0.3, 0.4) is 0 Å². The molecule has 8 heteroatoms. The number of nitrogens with zero attached hydrogens (tertiary/aromatic N) is 2. The Bertz CT molecular complexity index is 466. The summed E-state index contributed by atoms with van der Waals surface area (Å²) < 4.78 is 4.82. The molecular weight excluding hydrogens is 373 g/mol. The molecule has 1 fully saturated rings. The second-order valence-electron chi connectivity index (χ2n) is 5.57. The summed E-state index contributed by atoms with van der Waals surface area (Å²) in [5.74, 6) is -0.232. The van der Waals surface area contributed by atoms with Gasteiger partial charge in [-0.05, 0) is 12.5 Å². The van der Waals surface area contributed by atoms with Gasteiger partial charge in [-0.1, -0.05) is 29.8 Å². The summed E-state index contributed by atoms with van der Waals surface area (Å²) >= 11 is 0. The minimum atomic E-state index is -0.309. The SMILES string of the molecule is COC(=O)C(CN)N1CCN(Cc2ccc(C)cc2)CC1.Cl.Cl.Cl. The number of ether oxygens (including phenoxy) is 1. The summed E-state index contributed by atoms with van der Waals surface area (Å²) in [6.07, 6.45) is 0. The summed E-state index contributed by atoms with van der Waals surface area (Å²) in [5.41, 5.74) is 8.31. The van der Waals surface area contributed by atoms with Crippen molar-refractivity contribution >= 4 is 43.2 Å². The Labute approximate surface area is 163 Å². The Hall–Kier alpha value is -0.560. The van der Waals surface area contributed by atoms with Crippen molar-refractivity contribution in [2.75, 3.05) is 39.8 Å². The molecule has 0 radical (unpaired) electrons. The molecular formula is C16H28Cl3N3O2. The first-order valence-electron chi connectivity index (χ1n) is 7.44. The van der Waals surface area contributed by atoms with Crippen LogP contribution in [-0.4, -0.2) is 61.6 Å². The highest BCUT2D eigenvalue weighted by molar-refractivity contribution is 5.86. The first-order chi connectivity index (χ1) is 10.1. The van der Waals surface area contributed by atoms with Crippen LogP contribution in [-0.2, 0) is 16.1 Å². The fraction of sp³-hybridized carbons (Fsp3) is 0.562. The Kier molecular flexibility index (Phi) is 13.6. The van der Waals surface area contributed by atoms with E-state index in [-0.39, 0.29) is 49.2 Å². The molecule has 1 aliphatic heterocycles. The van der Waals surface area contributed by atoms with Crippen molar-refractivity contribution in [2.45, 2.75) is 19.5 Å². The van der Waals surface area contributed by atoms with Crippen molar-refractivity contribution in [2.24, 2.45) is 5.73 Å². The minimum Gasteiger partial charge on any atom is -0.468 e. The lowest BCUT2D eigenvalue weighted by Crippen LogP contribution is -2.55. The van der Waals surface area contributed by atoms with Crippen molar-refractivity contribution in [1.82, 2.24) is 9.80 Å². The third-order valence-electron chi connectivity index (χ3n) is 4.07. The lowest BCUT2D eigenvalue weighted by Gasteiger charge is -2.37. The Morgan fingerprint density at radius 1 is 1.12 bits per heavy atom. The molecule has 1 atom stereocenters. The van der Waals surface area contributed by atoms with Crippen LogP contribution in [0.15, 0.2) is 24.3 Å². The Balaban J connectivity index is 0. The maximum Gasteiger partial charge on any atom is 0.324 e. The highest BCUT2D eigenvalue weighted by atomic mass is 35.5. The molecule has 0 aliphatic carbocycles. The fourth-order valence-electron chi connectivity index (χ4n) is 2.72. The average Bonchev–Trinajstić information content (AvgIpc) is 2.51. The summed E-state index contributed by atoms with van der Waals surface area (Å²) in [7, 11) is 1.42. The van der Waals surface area contributed by atoms with Crippen molar-refractivity contribution in [3.8, 4) is 0 Å². The largest absolute Gasteiger partial charge is 0.468 e. The van der Waals surface area contributed by atoms with Crippen LogP contribution >= 0.6 is 37.2 Å². The monoisotopic (exact) mass is 399 g/mol. The first-order valence-corrected chi connectivity index (χ1v) is 7.44. The van der Waals surface area contributed by atoms with E-state index in [4.69, 9.17) is 10.5 Å². The molecule has 1 unspecified atom stereocenters. The van der Waals surface area contributed by atoms with E-state index in [9.17, 15) is 4.79 Å². The van der Waals surface area contributed by atoms with Gasteiger partial charge in [0, 0.05) is 39.3 Å². The standard InChI is InChI=1S/C16H25N3O2.3ClH/c1-13-3-5-14(6-4-13)12-18-7-9-19(10-8-18)15(11-17)16(20)21-2;;;/h3-6,15H,7-12,17H2,1-2H3;3*1H. The summed E-state index contributed by atoms with van der Waals surface area (Å²) in [6.45, 7) is 6.96. The lowest BCUT2D eigenvalue weighted by molar-refractivity contribution is -0.147. The molecule has 0 amide bonds. The van der Waals surface area contributed by atoms with E-state index in [2.05, 4.69) is 41.0 Å². The quantitative estimate of drug-likeness (QED) is 0.765. The van der Waals surface area contributed by atoms with Crippen LogP contribution in [0.5, 0.6) is 0 Å². The number of benzene rings is 1. The minimum absolute atomic E-state index is 0. The van der Waals surface area contributed by atoms with Gasteiger partial charge in [-0.25, -0.2) is 0 Å². The lowest BCUT2D eigenvalue weighted by atomic mass is 10.1. The van der Waals surface area contributed by atoms with Crippen LogP contribution in [0.2, 0.25) is 0 Å². The zero-order chi connectivity index (χ0) is 15.2. The molecule has 0 spiro atoms. The number of nitrogens with two attached hydrogens (primary N) is 1. The molecule has 140 valence electrons. The molecule has 24 heavy (non-hydrogen) atoms. The zero-order valence-electron chi connectivity index (χ0n) is 14.1. The summed E-state index contributed by atoms with van der Waals surface area (Å²) in [4.78, 5) is 16.2. The smallest absolute Gasteiger partial charge is 0.324 e. The van der Waals surface area contributed by atoms with Crippen LogP contribution < -0.4 is 5.73 Å². The van der Waals surface area contributed by atoms with Crippen LogP contribution in [0.25, 0.3) is 0 Å². The van der Waals surface area contributed by atoms with Crippen LogP contribution in [0.4, 0.5) is 0 Å². The zero-order valence-corrected chi connectivity index (χ0v) is 16.6. The number of piperazine rings is 1. The highest BCUT2D eigenvalue weighted by Crippen LogP contribution is 2.12.